The maximum Gasteiger partial charge on any atom is 0.137 e. The van der Waals surface area contributed by atoms with E-state index in [9.17, 15) is 4.39 Å². The first-order valence-electron chi connectivity index (χ1n) is 5.17. The molecule has 1 aromatic carbocycles. The molecule has 0 saturated heterocycles. The molecule has 0 radical (unpaired) electrons. The summed E-state index contributed by atoms with van der Waals surface area (Å²) in [4.78, 5) is 0. The second-order valence-electron chi connectivity index (χ2n) is 3.96. The molecule has 1 aromatic rings. The van der Waals surface area contributed by atoms with E-state index in [4.69, 9.17) is 4.74 Å². The van der Waals surface area contributed by atoms with E-state index in [1.165, 1.54) is 6.07 Å². The highest BCUT2D eigenvalue weighted by Crippen LogP contribution is 2.21. The van der Waals surface area contributed by atoms with Crippen LogP contribution in [0.4, 0.5) is 4.39 Å². The van der Waals surface area contributed by atoms with Crippen molar-refractivity contribution in [3.05, 3.63) is 28.5 Å². The van der Waals surface area contributed by atoms with E-state index >= 15 is 0 Å². The minimum atomic E-state index is -0.260. The molecule has 1 nitrogen and oxygen atoms in total. The summed E-state index contributed by atoms with van der Waals surface area (Å²) in [5, 5.41) is 0. The van der Waals surface area contributed by atoms with Gasteiger partial charge >= 0.3 is 0 Å². The van der Waals surface area contributed by atoms with Gasteiger partial charge in [0.25, 0.3) is 0 Å². The summed E-state index contributed by atoms with van der Waals surface area (Å²) in [6, 6.07) is 4.71. The topological polar surface area (TPSA) is 9.23 Å². The fourth-order valence-electron chi connectivity index (χ4n) is 1.25. The minimum Gasteiger partial charge on any atom is -0.494 e. The number of halogens is 2. The average Bonchev–Trinajstić information content (AvgIpc) is 2.18. The zero-order chi connectivity index (χ0) is 11.3. The maximum absolute atomic E-state index is 12.9. The summed E-state index contributed by atoms with van der Waals surface area (Å²) in [5.41, 5.74) is 0. The standard InChI is InChI=1S/C12H16BrFO/c1-9(2)4-3-7-15-10-5-6-12(14)11(13)8-10/h5-6,8-9H,3-4,7H2,1-2H3. The molecule has 0 aliphatic rings. The van der Waals surface area contributed by atoms with E-state index in [2.05, 4.69) is 29.8 Å². The molecule has 0 saturated carbocycles. The van der Waals surface area contributed by atoms with Crippen LogP contribution in [0.25, 0.3) is 0 Å². The third-order valence-corrected chi connectivity index (χ3v) is 2.69. The van der Waals surface area contributed by atoms with E-state index in [0.29, 0.717) is 22.7 Å². The molecular weight excluding hydrogens is 259 g/mol. The number of rotatable bonds is 5. The lowest BCUT2D eigenvalue weighted by molar-refractivity contribution is 0.297. The van der Waals surface area contributed by atoms with Gasteiger partial charge in [-0.3, -0.25) is 0 Å². The summed E-state index contributed by atoms with van der Waals surface area (Å²) in [6.07, 6.45) is 2.19. The van der Waals surface area contributed by atoms with E-state index in [-0.39, 0.29) is 5.82 Å². The van der Waals surface area contributed by atoms with Gasteiger partial charge in [0.1, 0.15) is 11.6 Å². The van der Waals surface area contributed by atoms with E-state index < -0.39 is 0 Å². The Kier molecular flexibility index (Phi) is 5.09. The van der Waals surface area contributed by atoms with Crippen molar-refractivity contribution >= 4 is 15.9 Å². The van der Waals surface area contributed by atoms with Crippen LogP contribution in [-0.2, 0) is 0 Å². The van der Waals surface area contributed by atoms with Crippen molar-refractivity contribution < 1.29 is 9.13 Å². The lowest BCUT2D eigenvalue weighted by Gasteiger charge is -2.08. The lowest BCUT2D eigenvalue weighted by Crippen LogP contribution is -1.99. The second kappa shape index (κ2) is 6.11. The third-order valence-electron chi connectivity index (χ3n) is 2.09. The van der Waals surface area contributed by atoms with Crippen molar-refractivity contribution in [3.63, 3.8) is 0 Å². The van der Waals surface area contributed by atoms with Crippen molar-refractivity contribution in [2.24, 2.45) is 5.92 Å². The average molecular weight is 275 g/mol. The summed E-state index contributed by atoms with van der Waals surface area (Å²) in [6.45, 7) is 5.07. The molecule has 3 heteroatoms. The predicted molar refractivity (Wildman–Crippen MR) is 63.7 cm³/mol. The maximum atomic E-state index is 12.9. The van der Waals surface area contributed by atoms with Crippen molar-refractivity contribution in [2.45, 2.75) is 26.7 Å². The largest absolute Gasteiger partial charge is 0.494 e. The van der Waals surface area contributed by atoms with Gasteiger partial charge in [0.2, 0.25) is 0 Å². The number of ether oxygens (including phenoxy) is 1. The fourth-order valence-corrected chi connectivity index (χ4v) is 1.61. The highest BCUT2D eigenvalue weighted by atomic mass is 79.9. The second-order valence-corrected chi connectivity index (χ2v) is 4.81. The molecule has 0 amide bonds. The number of hydrogen-bond donors (Lipinski definition) is 0. The Morgan fingerprint density at radius 3 is 2.73 bits per heavy atom. The Labute approximate surface area is 98.8 Å². The lowest BCUT2D eigenvalue weighted by atomic mass is 10.1. The van der Waals surface area contributed by atoms with Crippen LogP contribution in [0.15, 0.2) is 22.7 Å². The zero-order valence-corrected chi connectivity index (χ0v) is 10.7. The van der Waals surface area contributed by atoms with Gasteiger partial charge in [-0.2, -0.15) is 0 Å². The Balaban J connectivity index is 2.35. The quantitative estimate of drug-likeness (QED) is 0.723. The third kappa shape index (κ3) is 4.65. The van der Waals surface area contributed by atoms with Gasteiger partial charge in [-0.1, -0.05) is 13.8 Å². The molecule has 0 fully saturated rings. The van der Waals surface area contributed by atoms with Crippen molar-refractivity contribution in [1.82, 2.24) is 0 Å². The SMILES string of the molecule is CC(C)CCCOc1ccc(F)c(Br)c1. The summed E-state index contributed by atoms with van der Waals surface area (Å²) < 4.78 is 18.8. The van der Waals surface area contributed by atoms with E-state index in [1.807, 2.05) is 0 Å². The summed E-state index contributed by atoms with van der Waals surface area (Å²) in [7, 11) is 0. The van der Waals surface area contributed by atoms with Crippen LogP contribution in [0.1, 0.15) is 26.7 Å². The predicted octanol–water partition coefficient (Wildman–Crippen LogP) is 4.40. The summed E-state index contributed by atoms with van der Waals surface area (Å²) in [5.74, 6) is 1.16. The number of benzene rings is 1. The first kappa shape index (κ1) is 12.5. The molecule has 0 atom stereocenters. The zero-order valence-electron chi connectivity index (χ0n) is 9.09. The highest BCUT2D eigenvalue weighted by molar-refractivity contribution is 9.10. The number of hydrogen-bond acceptors (Lipinski definition) is 1. The molecule has 0 heterocycles. The molecule has 0 unspecified atom stereocenters. The first-order chi connectivity index (χ1) is 7.09. The van der Waals surface area contributed by atoms with Crippen LogP contribution in [0.5, 0.6) is 5.75 Å². The van der Waals surface area contributed by atoms with E-state index in [0.717, 1.165) is 12.8 Å². The van der Waals surface area contributed by atoms with Crippen LogP contribution in [0.2, 0.25) is 0 Å². The molecule has 84 valence electrons. The Morgan fingerprint density at radius 1 is 1.40 bits per heavy atom. The molecule has 15 heavy (non-hydrogen) atoms. The van der Waals surface area contributed by atoms with Crippen LogP contribution in [0, 0.1) is 11.7 Å². The van der Waals surface area contributed by atoms with E-state index in [1.54, 1.807) is 12.1 Å². The van der Waals surface area contributed by atoms with Crippen LogP contribution >= 0.6 is 15.9 Å². The van der Waals surface area contributed by atoms with Gasteiger partial charge in [-0.15, -0.1) is 0 Å². The first-order valence-corrected chi connectivity index (χ1v) is 5.96. The Bertz CT molecular complexity index is 312. The molecule has 0 aromatic heterocycles. The van der Waals surface area contributed by atoms with Crippen LogP contribution < -0.4 is 4.74 Å². The van der Waals surface area contributed by atoms with Gasteiger partial charge in [0.15, 0.2) is 0 Å². The summed E-state index contributed by atoms with van der Waals surface area (Å²) >= 11 is 3.12. The van der Waals surface area contributed by atoms with Gasteiger partial charge in [0, 0.05) is 0 Å². The minimum absolute atomic E-state index is 0.260. The fraction of sp³-hybridized carbons (Fsp3) is 0.500. The molecule has 1 rings (SSSR count). The molecular formula is C12H16BrFO. The van der Waals surface area contributed by atoms with Gasteiger partial charge in [-0.05, 0) is 52.9 Å². The molecule has 0 N–H and O–H groups in total. The van der Waals surface area contributed by atoms with Crippen molar-refractivity contribution in [1.29, 1.82) is 0 Å². The van der Waals surface area contributed by atoms with Crippen molar-refractivity contribution in [3.8, 4) is 5.75 Å². The van der Waals surface area contributed by atoms with Crippen LogP contribution in [-0.4, -0.2) is 6.61 Å². The van der Waals surface area contributed by atoms with Crippen LogP contribution in [0.3, 0.4) is 0 Å². The van der Waals surface area contributed by atoms with Crippen molar-refractivity contribution in [2.75, 3.05) is 6.61 Å². The smallest absolute Gasteiger partial charge is 0.137 e. The molecule has 0 bridgehead atoms. The monoisotopic (exact) mass is 274 g/mol. The Hall–Kier alpha value is -0.570. The Morgan fingerprint density at radius 2 is 2.13 bits per heavy atom. The molecule has 0 aliphatic carbocycles. The highest BCUT2D eigenvalue weighted by Gasteiger charge is 2.01. The molecule has 0 spiro atoms. The van der Waals surface area contributed by atoms with Gasteiger partial charge in [0.05, 0.1) is 11.1 Å². The van der Waals surface area contributed by atoms with Gasteiger partial charge < -0.3 is 4.74 Å². The van der Waals surface area contributed by atoms with Gasteiger partial charge in [-0.25, -0.2) is 4.39 Å². The molecule has 0 aliphatic heterocycles. The normalized spacial score (nSPS) is 10.7.